The van der Waals surface area contributed by atoms with E-state index in [1.54, 1.807) is 7.11 Å². The first-order valence-electron chi connectivity index (χ1n) is 17.5. The number of hydrogen-bond donors (Lipinski definition) is 2. The highest BCUT2D eigenvalue weighted by Crippen LogP contribution is 2.41. The maximum Gasteiger partial charge on any atom is 0.247 e. The zero-order valence-electron chi connectivity index (χ0n) is 28.2. The summed E-state index contributed by atoms with van der Waals surface area (Å²) < 4.78 is 5.90. The molecule has 1 amide bonds. The number of anilines is 5. The number of nitrogens with zero attached hydrogens (tertiary/aromatic N) is 6. The number of carbonyl (C=O) groups excluding carboxylic acids is 1. The van der Waals surface area contributed by atoms with Gasteiger partial charge >= 0.3 is 0 Å². The Hall–Kier alpha value is -4.19. The maximum absolute atomic E-state index is 12.6. The van der Waals surface area contributed by atoms with Crippen molar-refractivity contribution < 1.29 is 14.4 Å². The van der Waals surface area contributed by atoms with Gasteiger partial charge in [-0.2, -0.15) is 0 Å². The van der Waals surface area contributed by atoms with Gasteiger partial charge in [0.15, 0.2) is 5.82 Å². The first-order valence-corrected chi connectivity index (χ1v) is 17.5. The van der Waals surface area contributed by atoms with Crippen LogP contribution >= 0.6 is 0 Å². The van der Waals surface area contributed by atoms with Crippen molar-refractivity contribution in [2.24, 2.45) is 0 Å². The van der Waals surface area contributed by atoms with Gasteiger partial charge < -0.3 is 20.3 Å². The fourth-order valence-corrected chi connectivity index (χ4v) is 7.62. The fourth-order valence-electron chi connectivity index (χ4n) is 7.62. The first kappa shape index (κ1) is 32.4. The molecule has 254 valence electrons. The topological polar surface area (TPSA) is 98.3 Å². The van der Waals surface area contributed by atoms with Gasteiger partial charge in [-0.15, -0.1) is 0 Å². The first-order chi connectivity index (χ1) is 23.5. The molecule has 1 aromatic heterocycles. The number of nitrogens with one attached hydrogen (secondary N) is 2. The zero-order valence-corrected chi connectivity index (χ0v) is 28.2. The van der Waals surface area contributed by atoms with E-state index in [0.717, 1.165) is 57.2 Å². The summed E-state index contributed by atoms with van der Waals surface area (Å²) in [5.74, 6) is 1.65. The molecule has 0 radical (unpaired) electrons. The van der Waals surface area contributed by atoms with Crippen LogP contribution in [0.25, 0.3) is 0 Å². The number of amides is 1. The van der Waals surface area contributed by atoms with E-state index in [4.69, 9.17) is 9.57 Å². The summed E-state index contributed by atoms with van der Waals surface area (Å²) >= 11 is 0. The molecule has 48 heavy (non-hydrogen) atoms. The van der Waals surface area contributed by atoms with E-state index in [1.807, 2.05) is 23.3 Å². The molecule has 4 aliphatic rings. The van der Waals surface area contributed by atoms with Gasteiger partial charge in [-0.05, 0) is 50.3 Å². The molecule has 3 aliphatic heterocycles. The van der Waals surface area contributed by atoms with Crippen LogP contribution in [0.15, 0.2) is 61.4 Å². The highest BCUT2D eigenvalue weighted by Gasteiger charge is 2.33. The third kappa shape index (κ3) is 6.99. The fraction of sp³-hybridized carbons (Fsp3) is 0.486. The molecule has 7 rings (SSSR count). The minimum absolute atomic E-state index is 0.0586. The molecule has 0 bridgehead atoms. The monoisotopic (exact) mass is 652 g/mol. The van der Waals surface area contributed by atoms with Crippen molar-refractivity contribution in [2.45, 2.75) is 63.6 Å². The average molecular weight is 653 g/mol. The second kappa shape index (κ2) is 14.5. The van der Waals surface area contributed by atoms with E-state index >= 15 is 0 Å². The van der Waals surface area contributed by atoms with Crippen LogP contribution in [0.5, 0.6) is 5.75 Å². The molecule has 0 unspecified atom stereocenters. The standard InChI is InChI=1S/C37H48N8O3/c1-4-37(46)41-30-22-31(40-35-24-36(39-25-38-35)45-32(13-20-48-45)27-8-5-7-26(2)21-27)34(47-3)23-33(30)44-14-11-29(12-15-44)43-18-16-42(17-19-43)28-9-6-10-28/h4-5,7-8,21-25,28-29,32H,1,6,9-20H2,2-3H3,(H,41,46)(H,38,39,40)/t32-/m1/s1. The number of piperidine rings is 1. The quantitative estimate of drug-likeness (QED) is 0.266. The van der Waals surface area contributed by atoms with E-state index in [1.165, 1.54) is 55.9 Å². The lowest BCUT2D eigenvalue weighted by molar-refractivity contribution is -0.111. The van der Waals surface area contributed by atoms with Crippen LogP contribution < -0.4 is 25.3 Å². The summed E-state index contributed by atoms with van der Waals surface area (Å²) in [5.41, 5.74) is 4.72. The highest BCUT2D eigenvalue weighted by molar-refractivity contribution is 6.02. The second-order valence-electron chi connectivity index (χ2n) is 13.4. The lowest BCUT2D eigenvalue weighted by atomic mass is 9.91. The maximum atomic E-state index is 12.6. The van der Waals surface area contributed by atoms with Gasteiger partial charge in [-0.3, -0.25) is 19.4 Å². The van der Waals surface area contributed by atoms with Crippen molar-refractivity contribution in [1.29, 1.82) is 0 Å². The molecule has 2 N–H and O–H groups in total. The van der Waals surface area contributed by atoms with Gasteiger partial charge in [-0.25, -0.2) is 15.0 Å². The number of carbonyl (C=O) groups is 1. The molecule has 11 heteroatoms. The second-order valence-corrected chi connectivity index (χ2v) is 13.4. The molecule has 1 atom stereocenters. The van der Waals surface area contributed by atoms with Crippen molar-refractivity contribution in [2.75, 3.05) is 73.6 Å². The van der Waals surface area contributed by atoms with Crippen LogP contribution in [0.2, 0.25) is 0 Å². The van der Waals surface area contributed by atoms with Gasteiger partial charge in [0.05, 0.1) is 36.8 Å². The number of aryl methyl sites for hydroxylation is 1. The van der Waals surface area contributed by atoms with Gasteiger partial charge in [0.1, 0.15) is 17.9 Å². The molecule has 4 heterocycles. The van der Waals surface area contributed by atoms with Gasteiger partial charge in [0.25, 0.3) is 0 Å². The summed E-state index contributed by atoms with van der Waals surface area (Å²) in [6.07, 6.45) is 10.0. The molecule has 0 spiro atoms. The minimum atomic E-state index is -0.260. The summed E-state index contributed by atoms with van der Waals surface area (Å²) in [6.45, 7) is 12.9. The van der Waals surface area contributed by atoms with Crippen molar-refractivity contribution in [1.82, 2.24) is 19.8 Å². The lowest BCUT2D eigenvalue weighted by Crippen LogP contribution is -2.56. The van der Waals surface area contributed by atoms with Crippen molar-refractivity contribution in [3.63, 3.8) is 0 Å². The zero-order chi connectivity index (χ0) is 33.0. The van der Waals surface area contributed by atoms with E-state index in [0.29, 0.717) is 41.4 Å². The van der Waals surface area contributed by atoms with E-state index in [2.05, 4.69) is 73.1 Å². The Morgan fingerprint density at radius 3 is 2.35 bits per heavy atom. The Labute approximate surface area is 283 Å². The molecule has 4 fully saturated rings. The Balaban J connectivity index is 1.07. The Kier molecular flexibility index (Phi) is 9.78. The van der Waals surface area contributed by atoms with E-state index in [9.17, 15) is 4.79 Å². The smallest absolute Gasteiger partial charge is 0.247 e. The summed E-state index contributed by atoms with van der Waals surface area (Å²) in [4.78, 5) is 35.5. The third-order valence-corrected chi connectivity index (χ3v) is 10.5. The highest BCUT2D eigenvalue weighted by atomic mass is 16.7. The van der Waals surface area contributed by atoms with E-state index in [-0.39, 0.29) is 11.9 Å². The van der Waals surface area contributed by atoms with Crippen LogP contribution in [-0.2, 0) is 9.63 Å². The average Bonchev–Trinajstić information content (AvgIpc) is 3.59. The molecule has 2 aromatic carbocycles. The number of hydrogen-bond acceptors (Lipinski definition) is 10. The molecule has 3 aromatic rings. The lowest BCUT2D eigenvalue weighted by Gasteiger charge is -2.46. The van der Waals surface area contributed by atoms with Crippen LogP contribution in [0.3, 0.4) is 0 Å². The van der Waals surface area contributed by atoms with Gasteiger partial charge in [-0.1, -0.05) is 42.8 Å². The van der Waals surface area contributed by atoms with Crippen LogP contribution in [-0.4, -0.2) is 90.7 Å². The summed E-state index contributed by atoms with van der Waals surface area (Å²) in [5, 5.41) is 8.34. The van der Waals surface area contributed by atoms with E-state index < -0.39 is 0 Å². The van der Waals surface area contributed by atoms with Crippen molar-refractivity contribution in [3.05, 3.63) is 72.6 Å². The minimum Gasteiger partial charge on any atom is -0.494 e. The van der Waals surface area contributed by atoms with Crippen LogP contribution in [0.4, 0.5) is 28.7 Å². The molecule has 3 saturated heterocycles. The predicted octanol–water partition coefficient (Wildman–Crippen LogP) is 5.68. The number of piperazine rings is 1. The number of benzene rings is 2. The summed E-state index contributed by atoms with van der Waals surface area (Å²) in [6, 6.07) is 15.8. The number of rotatable bonds is 10. The largest absolute Gasteiger partial charge is 0.494 e. The number of methoxy groups -OCH3 is 1. The normalized spacial score (nSPS) is 21.2. The van der Waals surface area contributed by atoms with Gasteiger partial charge in [0.2, 0.25) is 5.91 Å². The Morgan fingerprint density at radius 2 is 1.69 bits per heavy atom. The summed E-state index contributed by atoms with van der Waals surface area (Å²) in [7, 11) is 1.66. The predicted molar refractivity (Wildman–Crippen MR) is 190 cm³/mol. The van der Waals surface area contributed by atoms with Gasteiger partial charge in [0, 0.05) is 69.9 Å². The van der Waals surface area contributed by atoms with Crippen LogP contribution in [0, 0.1) is 6.92 Å². The molecular weight excluding hydrogens is 604 g/mol. The van der Waals surface area contributed by atoms with Crippen LogP contribution in [0.1, 0.15) is 55.7 Å². The Bertz CT molecular complexity index is 1600. The van der Waals surface area contributed by atoms with Crippen molar-refractivity contribution in [3.8, 4) is 5.75 Å². The SMILES string of the molecule is C=CC(=O)Nc1cc(Nc2cc(N3OCC[C@@H]3c3cccc(C)c3)ncn2)c(OC)cc1N1CCC(N2CCN(C3CCC3)CC2)CC1. The van der Waals surface area contributed by atoms with Crippen molar-refractivity contribution >= 4 is 34.6 Å². The molecular formula is C37H48N8O3. The molecule has 1 aliphatic carbocycles. The molecule has 1 saturated carbocycles. The number of aromatic nitrogens is 2. The third-order valence-electron chi connectivity index (χ3n) is 10.5. The molecule has 11 nitrogen and oxygen atoms in total. The number of hydroxylamine groups is 1. The Morgan fingerprint density at radius 1 is 0.938 bits per heavy atom. The number of ether oxygens (including phenoxy) is 1.